The van der Waals surface area contributed by atoms with Crippen LogP contribution in [0.2, 0.25) is 0 Å². The van der Waals surface area contributed by atoms with Gasteiger partial charge in [0.1, 0.15) is 17.2 Å². The molecule has 6 nitrogen and oxygen atoms in total. The van der Waals surface area contributed by atoms with Gasteiger partial charge in [-0.25, -0.2) is 19.0 Å². The van der Waals surface area contributed by atoms with E-state index in [4.69, 9.17) is 9.47 Å². The number of anilines is 1. The molecule has 0 fully saturated rings. The molecule has 0 N–H and O–H groups in total. The molecule has 31 heavy (non-hydrogen) atoms. The average molecular weight is 429 g/mol. The summed E-state index contributed by atoms with van der Waals surface area (Å²) in [6.45, 7) is 11.0. The summed E-state index contributed by atoms with van der Waals surface area (Å²) >= 11 is 0. The smallest absolute Gasteiger partial charge is 0.416 e. The van der Waals surface area contributed by atoms with Crippen LogP contribution in [0.3, 0.4) is 0 Å². The number of ether oxygens (including phenoxy) is 2. The summed E-state index contributed by atoms with van der Waals surface area (Å²) in [7, 11) is 0. The van der Waals surface area contributed by atoms with Gasteiger partial charge in [-0.05, 0) is 83.0 Å². The molecule has 2 aromatic rings. The van der Waals surface area contributed by atoms with Gasteiger partial charge in [0, 0.05) is 12.2 Å². The van der Waals surface area contributed by atoms with Gasteiger partial charge in [0.2, 0.25) is 0 Å². The Balaban J connectivity index is 2.48. The van der Waals surface area contributed by atoms with Gasteiger partial charge in [0.25, 0.3) is 0 Å². The monoisotopic (exact) mass is 428 g/mol. The molecule has 0 saturated carbocycles. The summed E-state index contributed by atoms with van der Waals surface area (Å²) in [5.74, 6) is -0.538. The average Bonchev–Trinajstić information content (AvgIpc) is 2.66. The quantitative estimate of drug-likeness (QED) is 0.450. The lowest BCUT2D eigenvalue weighted by atomic mass is 10.0. The first-order chi connectivity index (χ1) is 14.5. The van der Waals surface area contributed by atoms with Crippen molar-refractivity contribution in [1.29, 1.82) is 0 Å². The second-order valence-electron chi connectivity index (χ2n) is 8.18. The third kappa shape index (κ3) is 6.91. The van der Waals surface area contributed by atoms with Crippen molar-refractivity contribution in [2.45, 2.75) is 53.2 Å². The Kier molecular flexibility index (Phi) is 7.91. The van der Waals surface area contributed by atoms with Gasteiger partial charge in [0.15, 0.2) is 0 Å². The number of hydrogen-bond acceptors (Lipinski definition) is 5. The van der Waals surface area contributed by atoms with Crippen molar-refractivity contribution < 1.29 is 23.5 Å². The van der Waals surface area contributed by atoms with Crippen molar-refractivity contribution >= 4 is 29.5 Å². The van der Waals surface area contributed by atoms with E-state index in [9.17, 15) is 14.0 Å². The Bertz CT molecular complexity index is 947. The summed E-state index contributed by atoms with van der Waals surface area (Å²) in [5, 5.41) is 0. The Hall–Kier alpha value is -3.22. The number of esters is 1. The van der Waals surface area contributed by atoms with Crippen molar-refractivity contribution in [3.8, 4) is 0 Å². The summed E-state index contributed by atoms with van der Waals surface area (Å²) in [4.78, 5) is 31.0. The van der Waals surface area contributed by atoms with Gasteiger partial charge >= 0.3 is 12.1 Å². The van der Waals surface area contributed by atoms with E-state index >= 15 is 0 Å². The Morgan fingerprint density at radius 2 is 1.81 bits per heavy atom. The van der Waals surface area contributed by atoms with Crippen LogP contribution in [0.15, 0.2) is 42.6 Å². The number of nitrogens with zero attached hydrogens (tertiary/aromatic N) is 2. The SMILES string of the molecule is CCOC(=O)/C(=C/c1ccnc(N(C(=O)OC(C)(C)C)C(C)C)c1)c1ccc(F)cc1. The maximum absolute atomic E-state index is 13.3. The molecule has 0 aliphatic carbocycles. The zero-order valence-electron chi connectivity index (χ0n) is 18.8. The van der Waals surface area contributed by atoms with Gasteiger partial charge in [-0.1, -0.05) is 12.1 Å². The van der Waals surface area contributed by atoms with Crippen LogP contribution >= 0.6 is 0 Å². The van der Waals surface area contributed by atoms with E-state index in [2.05, 4.69) is 4.98 Å². The maximum Gasteiger partial charge on any atom is 0.416 e. The van der Waals surface area contributed by atoms with Crippen molar-refractivity contribution in [3.63, 3.8) is 0 Å². The summed E-state index contributed by atoms with van der Waals surface area (Å²) < 4.78 is 24.0. The number of carbonyl (C=O) groups excluding carboxylic acids is 2. The van der Waals surface area contributed by atoms with E-state index in [1.807, 2.05) is 13.8 Å². The molecule has 0 unspecified atom stereocenters. The normalized spacial score (nSPS) is 11.9. The molecule has 1 aromatic carbocycles. The van der Waals surface area contributed by atoms with Crippen molar-refractivity contribution in [3.05, 3.63) is 59.5 Å². The lowest BCUT2D eigenvalue weighted by Gasteiger charge is -2.29. The fourth-order valence-electron chi connectivity index (χ4n) is 2.80. The molecule has 7 heteroatoms. The molecule has 0 bridgehead atoms. The minimum absolute atomic E-state index is 0.205. The second-order valence-corrected chi connectivity index (χ2v) is 8.18. The maximum atomic E-state index is 13.3. The molecule has 0 atom stereocenters. The van der Waals surface area contributed by atoms with Gasteiger partial charge < -0.3 is 9.47 Å². The molecule has 1 heterocycles. The highest BCUT2D eigenvalue weighted by Gasteiger charge is 2.26. The Morgan fingerprint density at radius 1 is 1.16 bits per heavy atom. The molecular formula is C24H29FN2O4. The number of aromatic nitrogens is 1. The topological polar surface area (TPSA) is 68.7 Å². The van der Waals surface area contributed by atoms with E-state index in [0.717, 1.165) is 0 Å². The standard InChI is InChI=1S/C24H29FN2O4/c1-7-30-22(28)20(18-8-10-19(25)11-9-18)14-17-12-13-26-21(15-17)27(16(2)3)23(29)31-24(4,5)6/h8-16H,7H2,1-6H3/b20-14+. The molecule has 1 aromatic heterocycles. The van der Waals surface area contributed by atoms with Crippen LogP contribution in [0, 0.1) is 5.82 Å². The Labute approximate surface area is 182 Å². The summed E-state index contributed by atoms with van der Waals surface area (Å²) in [6.07, 6.45) is 2.67. The number of carbonyl (C=O) groups is 2. The molecule has 0 radical (unpaired) electrons. The van der Waals surface area contributed by atoms with Crippen LogP contribution in [0.1, 0.15) is 52.7 Å². The highest BCUT2D eigenvalue weighted by atomic mass is 19.1. The number of hydrogen-bond donors (Lipinski definition) is 0. The summed E-state index contributed by atoms with van der Waals surface area (Å²) in [6, 6.07) is 8.78. The fourth-order valence-corrected chi connectivity index (χ4v) is 2.80. The molecule has 0 saturated heterocycles. The second kappa shape index (κ2) is 10.2. The number of benzene rings is 1. The minimum Gasteiger partial charge on any atom is -0.462 e. The lowest BCUT2D eigenvalue weighted by Crippen LogP contribution is -2.41. The van der Waals surface area contributed by atoms with Gasteiger partial charge in [-0.2, -0.15) is 0 Å². The number of pyridine rings is 1. The van der Waals surface area contributed by atoms with Crippen LogP contribution in [0.25, 0.3) is 11.6 Å². The number of amides is 1. The largest absolute Gasteiger partial charge is 0.462 e. The fraction of sp³-hybridized carbons (Fsp3) is 0.375. The Morgan fingerprint density at radius 3 is 2.35 bits per heavy atom. The first kappa shape index (κ1) is 24.1. The predicted octanol–water partition coefficient (Wildman–Crippen LogP) is 5.47. The van der Waals surface area contributed by atoms with Gasteiger partial charge in [-0.15, -0.1) is 0 Å². The highest BCUT2D eigenvalue weighted by Crippen LogP contribution is 2.24. The van der Waals surface area contributed by atoms with Crippen LogP contribution in [-0.2, 0) is 14.3 Å². The van der Waals surface area contributed by atoms with E-state index < -0.39 is 23.5 Å². The number of rotatable bonds is 6. The van der Waals surface area contributed by atoms with Crippen LogP contribution in [0.5, 0.6) is 0 Å². The predicted molar refractivity (Wildman–Crippen MR) is 119 cm³/mol. The minimum atomic E-state index is -0.651. The van der Waals surface area contributed by atoms with Crippen molar-refractivity contribution in [2.24, 2.45) is 0 Å². The molecule has 0 aliphatic heterocycles. The third-order valence-electron chi connectivity index (χ3n) is 4.08. The highest BCUT2D eigenvalue weighted by molar-refractivity contribution is 6.21. The zero-order chi connectivity index (χ0) is 23.2. The van der Waals surface area contributed by atoms with Crippen molar-refractivity contribution in [2.75, 3.05) is 11.5 Å². The van der Waals surface area contributed by atoms with E-state index in [1.165, 1.54) is 29.2 Å². The van der Waals surface area contributed by atoms with Crippen molar-refractivity contribution in [1.82, 2.24) is 4.98 Å². The van der Waals surface area contributed by atoms with E-state index in [1.54, 1.807) is 52.1 Å². The lowest BCUT2D eigenvalue weighted by molar-refractivity contribution is -0.136. The molecule has 2 rings (SSSR count). The van der Waals surface area contributed by atoms with E-state index in [0.29, 0.717) is 16.9 Å². The van der Waals surface area contributed by atoms with E-state index in [-0.39, 0.29) is 18.2 Å². The van der Waals surface area contributed by atoms with Crippen LogP contribution in [-0.4, -0.2) is 35.3 Å². The molecular weight excluding hydrogens is 399 g/mol. The van der Waals surface area contributed by atoms with Crippen LogP contribution < -0.4 is 4.90 Å². The number of halogens is 1. The third-order valence-corrected chi connectivity index (χ3v) is 4.08. The first-order valence-electron chi connectivity index (χ1n) is 10.1. The zero-order valence-corrected chi connectivity index (χ0v) is 18.8. The summed E-state index contributed by atoms with van der Waals surface area (Å²) in [5.41, 5.74) is 0.770. The first-order valence-corrected chi connectivity index (χ1v) is 10.1. The van der Waals surface area contributed by atoms with Gasteiger partial charge in [-0.3, -0.25) is 4.90 Å². The van der Waals surface area contributed by atoms with Crippen LogP contribution in [0.4, 0.5) is 15.0 Å². The molecule has 0 aliphatic rings. The molecule has 0 spiro atoms. The van der Waals surface area contributed by atoms with Gasteiger partial charge in [0.05, 0.1) is 12.2 Å². The molecule has 166 valence electrons. The molecule has 1 amide bonds.